The summed E-state index contributed by atoms with van der Waals surface area (Å²) in [5.41, 5.74) is 5.79. The molecule has 1 fully saturated rings. The Hall–Kier alpha value is -1.92. The molecule has 0 radical (unpaired) electrons. The first-order chi connectivity index (χ1) is 10.1. The third-order valence-electron chi connectivity index (χ3n) is 3.68. The molecule has 0 saturated carbocycles. The minimum absolute atomic E-state index is 0.356. The fourth-order valence-electron chi connectivity index (χ4n) is 2.28. The monoisotopic (exact) mass is 292 g/mol. The second-order valence-electron chi connectivity index (χ2n) is 5.11. The van der Waals surface area contributed by atoms with E-state index in [4.69, 9.17) is 15.2 Å². The van der Waals surface area contributed by atoms with Crippen LogP contribution in [0.5, 0.6) is 0 Å². The average molecular weight is 292 g/mol. The topological polar surface area (TPSA) is 90.7 Å². The van der Waals surface area contributed by atoms with Crippen LogP contribution < -0.4 is 11.1 Å². The van der Waals surface area contributed by atoms with Gasteiger partial charge in [0.1, 0.15) is 0 Å². The van der Waals surface area contributed by atoms with Crippen LogP contribution in [0.1, 0.15) is 24.4 Å². The highest BCUT2D eigenvalue weighted by Crippen LogP contribution is 2.21. The van der Waals surface area contributed by atoms with Crippen LogP contribution in [0.4, 0.5) is 0 Å². The summed E-state index contributed by atoms with van der Waals surface area (Å²) in [5.74, 6) is -0.879. The Balaban J connectivity index is 2.15. The standard InChI is InChI=1S/C15H20N2O4/c1-20-13(18)12(11-5-3-2-4-6-11)17-14(19)15(16)7-9-21-10-8-15/h2-6,12H,7-10,16H2,1H3,(H,17,19). The first-order valence-electron chi connectivity index (χ1n) is 6.87. The molecule has 6 heteroatoms. The summed E-state index contributed by atoms with van der Waals surface area (Å²) in [6.45, 7) is 0.885. The summed E-state index contributed by atoms with van der Waals surface area (Å²) >= 11 is 0. The molecule has 1 aliphatic heterocycles. The number of ether oxygens (including phenoxy) is 2. The van der Waals surface area contributed by atoms with Crippen molar-refractivity contribution in [3.05, 3.63) is 35.9 Å². The van der Waals surface area contributed by atoms with E-state index in [1.54, 1.807) is 24.3 Å². The van der Waals surface area contributed by atoms with Gasteiger partial charge in [0.25, 0.3) is 0 Å². The van der Waals surface area contributed by atoms with Crippen LogP contribution in [0.3, 0.4) is 0 Å². The van der Waals surface area contributed by atoms with Gasteiger partial charge in [0.2, 0.25) is 5.91 Å². The van der Waals surface area contributed by atoms with Gasteiger partial charge in [-0.05, 0) is 18.4 Å². The zero-order chi connectivity index (χ0) is 15.3. The summed E-state index contributed by atoms with van der Waals surface area (Å²) in [6, 6.07) is 8.09. The number of hydrogen-bond donors (Lipinski definition) is 2. The number of nitrogens with one attached hydrogen (secondary N) is 1. The predicted molar refractivity (Wildman–Crippen MR) is 76.3 cm³/mol. The molecule has 1 aliphatic rings. The Morgan fingerprint density at radius 1 is 1.29 bits per heavy atom. The summed E-state index contributed by atoms with van der Waals surface area (Å²) < 4.78 is 9.99. The quantitative estimate of drug-likeness (QED) is 0.790. The highest BCUT2D eigenvalue weighted by molar-refractivity contribution is 5.91. The summed E-state index contributed by atoms with van der Waals surface area (Å²) in [7, 11) is 1.29. The molecule has 1 saturated heterocycles. The van der Waals surface area contributed by atoms with Crippen molar-refractivity contribution in [1.82, 2.24) is 5.32 Å². The lowest BCUT2D eigenvalue weighted by molar-refractivity contribution is -0.146. The van der Waals surface area contributed by atoms with Gasteiger partial charge in [0.15, 0.2) is 6.04 Å². The van der Waals surface area contributed by atoms with Crippen LogP contribution in [0.2, 0.25) is 0 Å². The fourth-order valence-corrected chi connectivity index (χ4v) is 2.28. The Morgan fingerprint density at radius 2 is 1.90 bits per heavy atom. The zero-order valence-corrected chi connectivity index (χ0v) is 12.0. The molecular weight excluding hydrogens is 272 g/mol. The number of benzene rings is 1. The molecule has 114 valence electrons. The molecule has 0 spiro atoms. The number of amides is 1. The van der Waals surface area contributed by atoms with Gasteiger partial charge < -0.3 is 20.5 Å². The molecule has 1 heterocycles. The first-order valence-corrected chi connectivity index (χ1v) is 6.87. The number of carbonyl (C=O) groups excluding carboxylic acids is 2. The van der Waals surface area contributed by atoms with E-state index in [-0.39, 0.29) is 5.91 Å². The van der Waals surface area contributed by atoms with E-state index in [1.807, 2.05) is 6.07 Å². The van der Waals surface area contributed by atoms with E-state index in [0.717, 1.165) is 0 Å². The van der Waals surface area contributed by atoms with Crippen molar-refractivity contribution in [2.24, 2.45) is 5.73 Å². The molecule has 3 N–H and O–H groups in total. The fraction of sp³-hybridized carbons (Fsp3) is 0.467. The molecular formula is C15H20N2O4. The molecule has 1 aromatic carbocycles. The molecule has 1 unspecified atom stereocenters. The van der Waals surface area contributed by atoms with Gasteiger partial charge in [0, 0.05) is 13.2 Å². The minimum Gasteiger partial charge on any atom is -0.467 e. The Bertz CT molecular complexity index is 498. The second-order valence-corrected chi connectivity index (χ2v) is 5.11. The van der Waals surface area contributed by atoms with Gasteiger partial charge in [-0.25, -0.2) is 4.79 Å². The van der Waals surface area contributed by atoms with Gasteiger partial charge in [-0.2, -0.15) is 0 Å². The molecule has 1 atom stereocenters. The van der Waals surface area contributed by atoms with Crippen LogP contribution in [-0.4, -0.2) is 37.7 Å². The number of carbonyl (C=O) groups is 2. The maximum Gasteiger partial charge on any atom is 0.333 e. The van der Waals surface area contributed by atoms with Gasteiger partial charge >= 0.3 is 5.97 Å². The van der Waals surface area contributed by atoms with Gasteiger partial charge in [-0.15, -0.1) is 0 Å². The molecule has 0 aromatic heterocycles. The lowest BCUT2D eigenvalue weighted by Gasteiger charge is -2.33. The normalized spacial score (nSPS) is 18.6. The molecule has 0 bridgehead atoms. The molecule has 6 nitrogen and oxygen atoms in total. The minimum atomic E-state index is -1.00. The highest BCUT2D eigenvalue weighted by Gasteiger charge is 2.38. The maximum absolute atomic E-state index is 12.4. The second kappa shape index (κ2) is 6.69. The van der Waals surface area contributed by atoms with Crippen LogP contribution in [0.25, 0.3) is 0 Å². The van der Waals surface area contributed by atoms with Crippen LogP contribution in [0.15, 0.2) is 30.3 Å². The van der Waals surface area contributed by atoms with E-state index >= 15 is 0 Å². The molecule has 1 aromatic rings. The average Bonchev–Trinajstić information content (AvgIpc) is 2.53. The van der Waals surface area contributed by atoms with Crippen molar-refractivity contribution in [3.63, 3.8) is 0 Å². The van der Waals surface area contributed by atoms with E-state index in [9.17, 15) is 9.59 Å². The number of methoxy groups -OCH3 is 1. The van der Waals surface area contributed by atoms with Gasteiger partial charge in [-0.3, -0.25) is 4.79 Å². The number of hydrogen-bond acceptors (Lipinski definition) is 5. The first kappa shape index (κ1) is 15.5. The number of esters is 1. The summed E-state index contributed by atoms with van der Waals surface area (Å²) in [5, 5.41) is 2.70. The smallest absolute Gasteiger partial charge is 0.333 e. The molecule has 21 heavy (non-hydrogen) atoms. The molecule has 1 amide bonds. The Morgan fingerprint density at radius 3 is 2.48 bits per heavy atom. The van der Waals surface area contributed by atoms with E-state index in [0.29, 0.717) is 31.6 Å². The molecule has 2 rings (SSSR count). The number of nitrogens with two attached hydrogens (primary N) is 1. The zero-order valence-electron chi connectivity index (χ0n) is 12.0. The highest BCUT2D eigenvalue weighted by atomic mass is 16.5. The lowest BCUT2D eigenvalue weighted by Crippen LogP contribution is -2.58. The molecule has 0 aliphatic carbocycles. The number of rotatable bonds is 4. The van der Waals surface area contributed by atoms with Crippen LogP contribution in [0, 0.1) is 0 Å². The van der Waals surface area contributed by atoms with Crippen LogP contribution >= 0.6 is 0 Å². The van der Waals surface area contributed by atoms with E-state index < -0.39 is 17.6 Å². The maximum atomic E-state index is 12.4. The van der Waals surface area contributed by atoms with Gasteiger partial charge in [0.05, 0.1) is 12.6 Å². The largest absolute Gasteiger partial charge is 0.467 e. The lowest BCUT2D eigenvalue weighted by atomic mass is 9.89. The van der Waals surface area contributed by atoms with Gasteiger partial charge in [-0.1, -0.05) is 30.3 Å². The van der Waals surface area contributed by atoms with Crippen LogP contribution in [-0.2, 0) is 19.1 Å². The third kappa shape index (κ3) is 3.59. The van der Waals surface area contributed by atoms with Crippen molar-refractivity contribution in [2.75, 3.05) is 20.3 Å². The van der Waals surface area contributed by atoms with Crippen molar-refractivity contribution >= 4 is 11.9 Å². The predicted octanol–water partition coefficient (Wildman–Crippen LogP) is 0.525. The Kier molecular flexibility index (Phi) is 4.93. The SMILES string of the molecule is COC(=O)C(NC(=O)C1(N)CCOCC1)c1ccccc1. The Labute approximate surface area is 123 Å². The van der Waals surface area contributed by atoms with Crippen molar-refractivity contribution < 1.29 is 19.1 Å². The van der Waals surface area contributed by atoms with Crippen molar-refractivity contribution in [3.8, 4) is 0 Å². The van der Waals surface area contributed by atoms with Crippen molar-refractivity contribution in [1.29, 1.82) is 0 Å². The summed E-state index contributed by atoms with van der Waals surface area (Å²) in [4.78, 5) is 24.4. The summed E-state index contributed by atoms with van der Waals surface area (Å²) in [6.07, 6.45) is 0.864. The van der Waals surface area contributed by atoms with Crippen molar-refractivity contribution in [2.45, 2.75) is 24.4 Å². The van der Waals surface area contributed by atoms with E-state index in [1.165, 1.54) is 7.11 Å². The third-order valence-corrected chi connectivity index (χ3v) is 3.68. The van der Waals surface area contributed by atoms with E-state index in [2.05, 4.69) is 5.32 Å².